The number of aliphatic hydroxyl groups excluding tert-OH is 3. The summed E-state index contributed by atoms with van der Waals surface area (Å²) in [5.74, 6) is -1.30. The molecule has 7 N–H and O–H groups in total. The van der Waals surface area contributed by atoms with Crippen molar-refractivity contribution < 1.29 is 47.9 Å². The first kappa shape index (κ1) is 25.5. The lowest BCUT2D eigenvalue weighted by Gasteiger charge is -2.39. The van der Waals surface area contributed by atoms with Crippen LogP contribution in [-0.2, 0) is 14.8 Å². The van der Waals surface area contributed by atoms with Crippen LogP contribution in [0.4, 0.5) is 6.01 Å². The maximum Gasteiger partial charge on any atom is 0.309 e. The largest absolute Gasteiger partial charge is 0.508 e. The zero-order chi connectivity index (χ0) is 24.1. The van der Waals surface area contributed by atoms with Crippen LogP contribution in [0.2, 0.25) is 0 Å². The molecule has 14 heteroatoms. The number of oxazole rings is 1. The molecule has 0 fully saturated rings. The number of benzene rings is 1. The molecule has 0 aliphatic carbocycles. The normalized spacial score (nSPS) is 16.6. The Morgan fingerprint density at radius 2 is 1.88 bits per heavy atom. The molecule has 0 bridgehead atoms. The quantitative estimate of drug-likeness (QED) is 0.189. The highest BCUT2D eigenvalue weighted by Crippen LogP contribution is 2.30. The number of nitrogens with one attached hydrogen (secondary N) is 2. The molecule has 1 heterocycles. The van der Waals surface area contributed by atoms with Gasteiger partial charge >= 0.3 is 6.01 Å². The van der Waals surface area contributed by atoms with Gasteiger partial charge in [0.05, 0.1) is 12.4 Å². The van der Waals surface area contributed by atoms with Gasteiger partial charge in [0.1, 0.15) is 24.2 Å². The van der Waals surface area contributed by atoms with E-state index in [1.54, 1.807) is 0 Å². The summed E-state index contributed by atoms with van der Waals surface area (Å²) in [6.07, 6.45) is -4.24. The van der Waals surface area contributed by atoms with Crippen molar-refractivity contribution in [2.75, 3.05) is 24.7 Å². The lowest BCUT2D eigenvalue weighted by atomic mass is 9.89. The van der Waals surface area contributed by atoms with Crippen LogP contribution in [0.3, 0.4) is 0 Å². The number of anilines is 1. The minimum absolute atomic E-state index is 0.00135. The summed E-state index contributed by atoms with van der Waals surface area (Å²) in [6, 6.07) is 4.34. The molecule has 0 aliphatic heterocycles. The van der Waals surface area contributed by atoms with E-state index in [1.165, 1.54) is 31.4 Å². The number of aliphatic hydroxyl groups is 4. The number of hydrogen-bond donors (Lipinski definition) is 7. The van der Waals surface area contributed by atoms with Gasteiger partial charge in [0.2, 0.25) is 10.0 Å². The van der Waals surface area contributed by atoms with Crippen LogP contribution >= 0.6 is 0 Å². The van der Waals surface area contributed by atoms with E-state index >= 15 is 0 Å². The summed E-state index contributed by atoms with van der Waals surface area (Å²) in [7, 11) is -2.39. The predicted octanol–water partition coefficient (Wildman–Crippen LogP) is -1.34. The molecule has 4 unspecified atom stereocenters. The van der Waals surface area contributed by atoms with Crippen LogP contribution < -0.4 is 10.0 Å². The first-order valence-electron chi connectivity index (χ1n) is 9.17. The average molecular weight is 475 g/mol. The number of amides is 1. The molecular formula is C18H25N3O10S. The monoisotopic (exact) mass is 475 g/mol. The Labute approximate surface area is 183 Å². The maximum absolute atomic E-state index is 12.6. The number of hydrogen-bond acceptors (Lipinski definition) is 11. The second-order valence-corrected chi connectivity index (χ2v) is 8.73. The Hall–Kier alpha value is -2.75. The van der Waals surface area contributed by atoms with Crippen molar-refractivity contribution in [1.29, 1.82) is 0 Å². The first-order chi connectivity index (χ1) is 14.9. The van der Waals surface area contributed by atoms with Gasteiger partial charge in [0.15, 0.2) is 11.4 Å². The minimum Gasteiger partial charge on any atom is -0.508 e. The van der Waals surface area contributed by atoms with Crippen LogP contribution in [0, 0.1) is 0 Å². The van der Waals surface area contributed by atoms with Crippen molar-refractivity contribution in [3.63, 3.8) is 0 Å². The summed E-state index contributed by atoms with van der Waals surface area (Å²) < 4.78 is 34.1. The fourth-order valence-electron chi connectivity index (χ4n) is 2.73. The number of rotatable bonds is 11. The standard InChI is InChI=1S/C18H25N3O10S/c1-30-8-7-13(23)15(25)18(27,14(24)10-3-5-11(22)6-4-10)20-16(26)12-9-31-17(19-12)21-32(2,28)29/h3-6,9,13-15,22-25,27H,7-8H2,1-2H3,(H,19,21)(H,20,26). The first-order valence-corrected chi connectivity index (χ1v) is 11.1. The third-order valence-electron chi connectivity index (χ3n) is 4.38. The van der Waals surface area contributed by atoms with Gasteiger partial charge in [-0.05, 0) is 24.1 Å². The van der Waals surface area contributed by atoms with Gasteiger partial charge in [-0.2, -0.15) is 4.98 Å². The minimum atomic E-state index is -3.74. The summed E-state index contributed by atoms with van der Waals surface area (Å²) in [6.45, 7) is 0.00135. The highest BCUT2D eigenvalue weighted by Gasteiger charge is 2.48. The molecule has 1 aromatic heterocycles. The van der Waals surface area contributed by atoms with Crippen LogP contribution in [0.5, 0.6) is 5.75 Å². The molecule has 4 atom stereocenters. The van der Waals surface area contributed by atoms with E-state index in [9.17, 15) is 38.7 Å². The molecule has 0 radical (unpaired) electrons. The lowest BCUT2D eigenvalue weighted by molar-refractivity contribution is -0.192. The van der Waals surface area contributed by atoms with Crippen LogP contribution in [0.1, 0.15) is 28.6 Å². The third-order valence-corrected chi connectivity index (χ3v) is 4.93. The molecule has 0 aliphatic rings. The van der Waals surface area contributed by atoms with E-state index in [0.717, 1.165) is 12.5 Å². The van der Waals surface area contributed by atoms with Crippen LogP contribution in [-0.4, -0.2) is 82.7 Å². The Kier molecular flexibility index (Phi) is 8.17. The predicted molar refractivity (Wildman–Crippen MR) is 109 cm³/mol. The zero-order valence-electron chi connectivity index (χ0n) is 17.2. The average Bonchev–Trinajstić information content (AvgIpc) is 3.18. The van der Waals surface area contributed by atoms with Gasteiger partial charge < -0.3 is 40.0 Å². The molecule has 32 heavy (non-hydrogen) atoms. The smallest absolute Gasteiger partial charge is 0.309 e. The number of aromatic nitrogens is 1. The number of phenolic OH excluding ortho intramolecular Hbond substituents is 1. The van der Waals surface area contributed by atoms with Crippen molar-refractivity contribution in [2.45, 2.75) is 30.5 Å². The molecular weight excluding hydrogens is 450 g/mol. The maximum atomic E-state index is 12.6. The van der Waals surface area contributed by atoms with Gasteiger partial charge in [0.25, 0.3) is 5.91 Å². The number of methoxy groups -OCH3 is 1. The van der Waals surface area contributed by atoms with Gasteiger partial charge in [-0.15, -0.1) is 0 Å². The van der Waals surface area contributed by atoms with E-state index in [4.69, 9.17) is 9.15 Å². The van der Waals surface area contributed by atoms with E-state index in [0.29, 0.717) is 0 Å². The SMILES string of the molecule is COCCC(O)C(O)C(O)(NC(=O)c1coc(NS(C)(=O)=O)n1)C(O)c1ccc(O)cc1. The van der Waals surface area contributed by atoms with Crippen molar-refractivity contribution >= 4 is 21.9 Å². The van der Waals surface area contributed by atoms with Gasteiger partial charge in [-0.3, -0.25) is 4.79 Å². The molecule has 13 nitrogen and oxygen atoms in total. The van der Waals surface area contributed by atoms with Crippen molar-refractivity contribution in [3.05, 3.63) is 41.8 Å². The van der Waals surface area contributed by atoms with E-state index in [1.807, 2.05) is 10.0 Å². The summed E-state index contributed by atoms with van der Waals surface area (Å²) in [4.78, 5) is 16.2. The third kappa shape index (κ3) is 6.38. The van der Waals surface area contributed by atoms with E-state index in [2.05, 4.69) is 4.98 Å². The zero-order valence-corrected chi connectivity index (χ0v) is 18.0. The highest BCUT2D eigenvalue weighted by molar-refractivity contribution is 7.91. The lowest BCUT2D eigenvalue weighted by Crippen LogP contribution is -2.64. The number of carbonyl (C=O) groups is 1. The number of aromatic hydroxyl groups is 1. The molecule has 0 saturated heterocycles. The van der Waals surface area contributed by atoms with Gasteiger partial charge in [-0.1, -0.05) is 12.1 Å². The fraction of sp³-hybridized carbons (Fsp3) is 0.444. The second kappa shape index (κ2) is 10.2. The molecule has 1 aromatic carbocycles. The molecule has 1 amide bonds. The Morgan fingerprint density at radius 3 is 2.44 bits per heavy atom. The van der Waals surface area contributed by atoms with Crippen molar-refractivity contribution in [1.82, 2.24) is 10.3 Å². The van der Waals surface area contributed by atoms with Gasteiger partial charge in [-0.25, -0.2) is 13.1 Å². The molecule has 0 spiro atoms. The van der Waals surface area contributed by atoms with Crippen LogP contribution in [0.25, 0.3) is 0 Å². The summed E-state index contributed by atoms with van der Waals surface area (Å²) in [5.41, 5.74) is -3.35. The highest BCUT2D eigenvalue weighted by atomic mass is 32.2. The Balaban J connectivity index is 2.35. The fourth-order valence-corrected chi connectivity index (χ4v) is 3.14. The molecule has 2 aromatic rings. The van der Waals surface area contributed by atoms with E-state index < -0.39 is 51.7 Å². The summed E-state index contributed by atoms with van der Waals surface area (Å²) in [5, 5.41) is 54.1. The number of nitrogens with zero attached hydrogens (tertiary/aromatic N) is 1. The Morgan fingerprint density at radius 1 is 1.25 bits per heavy atom. The van der Waals surface area contributed by atoms with E-state index in [-0.39, 0.29) is 24.3 Å². The number of sulfonamides is 1. The summed E-state index contributed by atoms with van der Waals surface area (Å²) >= 11 is 0. The van der Waals surface area contributed by atoms with Crippen LogP contribution in [0.15, 0.2) is 34.9 Å². The molecule has 178 valence electrons. The number of ether oxygens (including phenoxy) is 1. The van der Waals surface area contributed by atoms with Gasteiger partial charge in [0, 0.05) is 13.7 Å². The molecule has 0 saturated carbocycles. The second-order valence-electron chi connectivity index (χ2n) is 6.98. The topological polar surface area (TPSA) is 212 Å². The van der Waals surface area contributed by atoms with Crippen molar-refractivity contribution in [3.8, 4) is 5.75 Å². The van der Waals surface area contributed by atoms with Crippen molar-refractivity contribution in [2.24, 2.45) is 0 Å². The molecule has 2 rings (SSSR count). The Bertz CT molecular complexity index is 1010. The number of carbonyl (C=O) groups excluding carboxylic acids is 1. The number of phenols is 1.